The minimum Gasteiger partial charge on any atom is -0.497 e. The molecule has 148 valence electrons. The van der Waals surface area contributed by atoms with Crippen molar-refractivity contribution >= 4 is 23.5 Å². The Morgan fingerprint density at radius 1 is 1.07 bits per heavy atom. The number of hydrogen-bond acceptors (Lipinski definition) is 6. The fourth-order valence-electron chi connectivity index (χ4n) is 2.98. The molecule has 0 aliphatic carbocycles. The zero-order valence-corrected chi connectivity index (χ0v) is 16.5. The fourth-order valence-corrected chi connectivity index (χ4v) is 3.27. The Kier molecular flexibility index (Phi) is 5.94. The van der Waals surface area contributed by atoms with Crippen molar-refractivity contribution in [2.75, 3.05) is 27.9 Å². The van der Waals surface area contributed by atoms with Crippen molar-refractivity contribution in [1.29, 1.82) is 0 Å². The van der Waals surface area contributed by atoms with Gasteiger partial charge in [-0.2, -0.15) is 0 Å². The molecule has 0 radical (unpaired) electrons. The van der Waals surface area contributed by atoms with Crippen LogP contribution >= 0.6 is 11.6 Å². The predicted octanol–water partition coefficient (Wildman–Crippen LogP) is 2.88. The molecular weight excluding hydrogens is 386 g/mol. The zero-order valence-electron chi connectivity index (χ0n) is 15.7. The van der Waals surface area contributed by atoms with Crippen molar-refractivity contribution in [2.45, 2.75) is 12.5 Å². The smallest absolute Gasteiger partial charge is 0.337 e. The molecule has 1 atom stereocenters. The van der Waals surface area contributed by atoms with E-state index in [-0.39, 0.29) is 18.6 Å². The molecule has 1 N–H and O–H groups in total. The first-order chi connectivity index (χ1) is 13.4. The molecule has 0 aromatic heterocycles. The third kappa shape index (κ3) is 4.14. The highest BCUT2D eigenvalue weighted by Crippen LogP contribution is 2.37. The summed E-state index contributed by atoms with van der Waals surface area (Å²) in [6.07, 6.45) is 0.221. The first kappa shape index (κ1) is 19.8. The van der Waals surface area contributed by atoms with E-state index in [0.29, 0.717) is 39.8 Å². The van der Waals surface area contributed by atoms with E-state index in [1.165, 1.54) is 27.4 Å². The Morgan fingerprint density at radius 3 is 2.36 bits per heavy atom. The third-order valence-electron chi connectivity index (χ3n) is 4.38. The van der Waals surface area contributed by atoms with Gasteiger partial charge in [-0.15, -0.1) is 0 Å². The van der Waals surface area contributed by atoms with Crippen LogP contribution in [0.5, 0.6) is 17.2 Å². The van der Waals surface area contributed by atoms with Crippen molar-refractivity contribution in [1.82, 2.24) is 5.32 Å². The van der Waals surface area contributed by atoms with Gasteiger partial charge in [0.2, 0.25) is 0 Å². The molecule has 0 bridgehead atoms. The van der Waals surface area contributed by atoms with Gasteiger partial charge in [0.25, 0.3) is 5.91 Å². The molecule has 1 aliphatic heterocycles. The number of halogens is 1. The van der Waals surface area contributed by atoms with Crippen LogP contribution in [0.3, 0.4) is 0 Å². The van der Waals surface area contributed by atoms with E-state index < -0.39 is 5.97 Å². The molecule has 1 heterocycles. The van der Waals surface area contributed by atoms with Crippen LogP contribution < -0.4 is 19.5 Å². The van der Waals surface area contributed by atoms with Crippen molar-refractivity contribution in [3.63, 3.8) is 0 Å². The van der Waals surface area contributed by atoms with Crippen molar-refractivity contribution < 1.29 is 28.5 Å². The van der Waals surface area contributed by atoms with E-state index in [1.807, 2.05) is 0 Å². The molecule has 1 amide bonds. The SMILES string of the molecule is COC(=O)c1cc(Cl)c2c(c1)C[C@H](CNC(=O)c1cc(OC)cc(OC)c1)O2. The molecule has 0 saturated heterocycles. The van der Waals surface area contributed by atoms with Crippen LogP contribution in [0.25, 0.3) is 0 Å². The number of rotatable bonds is 6. The van der Waals surface area contributed by atoms with Crippen molar-refractivity contribution in [3.05, 3.63) is 52.0 Å². The zero-order chi connectivity index (χ0) is 20.3. The second-order valence-corrected chi connectivity index (χ2v) is 6.60. The summed E-state index contributed by atoms with van der Waals surface area (Å²) in [4.78, 5) is 24.2. The Hall–Kier alpha value is -2.93. The van der Waals surface area contributed by atoms with Gasteiger partial charge in [-0.1, -0.05) is 11.6 Å². The molecule has 0 fully saturated rings. The molecule has 0 unspecified atom stereocenters. The Bertz CT molecular complexity index is 892. The Morgan fingerprint density at radius 2 is 1.75 bits per heavy atom. The van der Waals surface area contributed by atoms with Gasteiger partial charge in [0, 0.05) is 23.6 Å². The number of carbonyl (C=O) groups is 2. The first-order valence-corrected chi connectivity index (χ1v) is 8.91. The van der Waals surface area contributed by atoms with Gasteiger partial charge in [-0.3, -0.25) is 4.79 Å². The average molecular weight is 406 g/mol. The lowest BCUT2D eigenvalue weighted by molar-refractivity contribution is 0.0600. The summed E-state index contributed by atoms with van der Waals surface area (Å²) in [6, 6.07) is 8.15. The summed E-state index contributed by atoms with van der Waals surface area (Å²) in [5.41, 5.74) is 1.58. The van der Waals surface area contributed by atoms with Crippen LogP contribution in [-0.4, -0.2) is 45.9 Å². The van der Waals surface area contributed by atoms with E-state index >= 15 is 0 Å². The summed E-state index contributed by atoms with van der Waals surface area (Å²) < 4.78 is 20.9. The summed E-state index contributed by atoms with van der Waals surface area (Å²) in [7, 11) is 4.35. The lowest BCUT2D eigenvalue weighted by Gasteiger charge is -2.13. The molecule has 0 spiro atoms. The fraction of sp³-hybridized carbons (Fsp3) is 0.300. The monoisotopic (exact) mass is 405 g/mol. The summed E-state index contributed by atoms with van der Waals surface area (Å²) in [5.74, 6) is 0.829. The maximum Gasteiger partial charge on any atom is 0.337 e. The predicted molar refractivity (Wildman–Crippen MR) is 103 cm³/mol. The normalized spacial score (nSPS) is 14.6. The quantitative estimate of drug-likeness (QED) is 0.744. The highest BCUT2D eigenvalue weighted by atomic mass is 35.5. The lowest BCUT2D eigenvalue weighted by Crippen LogP contribution is -2.34. The van der Waals surface area contributed by atoms with Crippen LogP contribution in [0.15, 0.2) is 30.3 Å². The molecule has 8 heteroatoms. The molecule has 2 aromatic carbocycles. The van der Waals surface area contributed by atoms with Gasteiger partial charge < -0.3 is 24.3 Å². The number of amides is 1. The standard InChI is InChI=1S/C20H20ClNO6/c1-25-14-6-12(7-15(9-14)26-2)19(23)22-10-16-5-11-4-13(20(24)27-3)8-17(21)18(11)28-16/h4,6-9,16H,5,10H2,1-3H3,(H,22,23)/t16-/m1/s1. The number of hydrogen-bond donors (Lipinski definition) is 1. The summed E-state index contributed by atoms with van der Waals surface area (Å²) in [5, 5.41) is 3.17. The number of fused-ring (bicyclic) bond motifs is 1. The molecule has 7 nitrogen and oxygen atoms in total. The van der Waals surface area contributed by atoms with Crippen LogP contribution in [0.4, 0.5) is 0 Å². The molecule has 3 rings (SSSR count). The van der Waals surface area contributed by atoms with E-state index in [2.05, 4.69) is 5.32 Å². The highest BCUT2D eigenvalue weighted by Gasteiger charge is 2.27. The number of benzene rings is 2. The van der Waals surface area contributed by atoms with Crippen molar-refractivity contribution in [2.24, 2.45) is 0 Å². The van der Waals surface area contributed by atoms with Gasteiger partial charge >= 0.3 is 5.97 Å². The molecule has 2 aromatic rings. The largest absolute Gasteiger partial charge is 0.497 e. The van der Waals surface area contributed by atoms with E-state index in [9.17, 15) is 9.59 Å². The van der Waals surface area contributed by atoms with Gasteiger partial charge in [-0.25, -0.2) is 4.79 Å². The maximum absolute atomic E-state index is 12.5. The van der Waals surface area contributed by atoms with E-state index in [1.54, 1.807) is 24.3 Å². The van der Waals surface area contributed by atoms with Gasteiger partial charge in [0.05, 0.1) is 38.5 Å². The van der Waals surface area contributed by atoms with Crippen LogP contribution in [-0.2, 0) is 11.2 Å². The Balaban J connectivity index is 1.67. The van der Waals surface area contributed by atoms with E-state index in [0.717, 1.165) is 5.56 Å². The average Bonchev–Trinajstić information content (AvgIpc) is 3.14. The summed E-state index contributed by atoms with van der Waals surface area (Å²) in [6.45, 7) is 0.275. The minimum absolute atomic E-state index is 0.275. The van der Waals surface area contributed by atoms with E-state index in [4.69, 9.17) is 30.5 Å². The molecule has 0 saturated carbocycles. The van der Waals surface area contributed by atoms with Gasteiger partial charge in [0.15, 0.2) is 0 Å². The lowest BCUT2D eigenvalue weighted by atomic mass is 10.1. The number of nitrogens with one attached hydrogen (secondary N) is 1. The minimum atomic E-state index is -0.464. The highest BCUT2D eigenvalue weighted by molar-refractivity contribution is 6.32. The second kappa shape index (κ2) is 8.39. The first-order valence-electron chi connectivity index (χ1n) is 8.53. The summed E-state index contributed by atoms with van der Waals surface area (Å²) >= 11 is 6.22. The molecule has 1 aliphatic rings. The number of methoxy groups -OCH3 is 3. The Labute approximate surface area is 167 Å². The number of carbonyl (C=O) groups excluding carboxylic acids is 2. The van der Waals surface area contributed by atoms with Crippen LogP contribution in [0.1, 0.15) is 26.3 Å². The van der Waals surface area contributed by atoms with Crippen LogP contribution in [0.2, 0.25) is 5.02 Å². The number of esters is 1. The topological polar surface area (TPSA) is 83.1 Å². The third-order valence-corrected chi connectivity index (χ3v) is 4.66. The molecule has 28 heavy (non-hydrogen) atoms. The van der Waals surface area contributed by atoms with Crippen LogP contribution in [0, 0.1) is 0 Å². The second-order valence-electron chi connectivity index (χ2n) is 6.19. The maximum atomic E-state index is 12.5. The molecular formula is C20H20ClNO6. The van der Waals surface area contributed by atoms with Gasteiger partial charge in [-0.05, 0) is 24.3 Å². The van der Waals surface area contributed by atoms with Gasteiger partial charge in [0.1, 0.15) is 23.4 Å². The van der Waals surface area contributed by atoms with Crippen molar-refractivity contribution in [3.8, 4) is 17.2 Å². The number of ether oxygens (including phenoxy) is 4.